The minimum absolute atomic E-state index is 0.0660. The molecule has 0 bridgehead atoms. The highest BCUT2D eigenvalue weighted by Gasteiger charge is 2.22. The molecule has 0 saturated heterocycles. The topological polar surface area (TPSA) is 64.1 Å². The van der Waals surface area contributed by atoms with Crippen LogP contribution in [0.2, 0.25) is 5.02 Å². The molecule has 1 aliphatic carbocycles. The number of hydrogen-bond donors (Lipinski definition) is 1. The van der Waals surface area contributed by atoms with Gasteiger partial charge in [0.25, 0.3) is 0 Å². The van der Waals surface area contributed by atoms with Gasteiger partial charge >= 0.3 is 5.97 Å². The highest BCUT2D eigenvalue weighted by atomic mass is 35.5. The van der Waals surface area contributed by atoms with Crippen LogP contribution in [0, 0.1) is 0 Å². The fraction of sp³-hybridized carbons (Fsp3) is 0.350. The maximum absolute atomic E-state index is 11.9. The van der Waals surface area contributed by atoms with Crippen LogP contribution in [-0.4, -0.2) is 22.5 Å². The molecule has 0 amide bonds. The van der Waals surface area contributed by atoms with Crippen molar-refractivity contribution in [1.82, 2.24) is 9.97 Å². The van der Waals surface area contributed by atoms with Crippen molar-refractivity contribution >= 4 is 50.6 Å². The Morgan fingerprint density at radius 1 is 1.30 bits per heavy atom. The molecule has 0 radical (unpaired) electrons. The Labute approximate surface area is 166 Å². The van der Waals surface area contributed by atoms with Crippen molar-refractivity contribution in [2.24, 2.45) is 0 Å². The summed E-state index contributed by atoms with van der Waals surface area (Å²) in [7, 11) is 0. The largest absolute Gasteiger partial charge is 0.466 e. The molecule has 3 aromatic rings. The van der Waals surface area contributed by atoms with Crippen molar-refractivity contribution < 1.29 is 9.53 Å². The van der Waals surface area contributed by atoms with Crippen molar-refractivity contribution in [2.75, 3.05) is 11.9 Å². The fourth-order valence-corrected chi connectivity index (χ4v) is 4.89. The maximum Gasteiger partial charge on any atom is 0.313 e. The van der Waals surface area contributed by atoms with Crippen LogP contribution in [0.3, 0.4) is 0 Å². The van der Waals surface area contributed by atoms with Crippen molar-refractivity contribution in [3.8, 4) is 0 Å². The molecule has 0 aliphatic heterocycles. The monoisotopic (exact) mass is 401 g/mol. The summed E-state index contributed by atoms with van der Waals surface area (Å²) in [6, 6.07) is 7.54. The Bertz CT molecular complexity index is 1000. The van der Waals surface area contributed by atoms with Gasteiger partial charge < -0.3 is 10.1 Å². The first kappa shape index (κ1) is 18.2. The van der Waals surface area contributed by atoms with Crippen molar-refractivity contribution in [1.29, 1.82) is 0 Å². The number of anilines is 2. The van der Waals surface area contributed by atoms with Gasteiger partial charge in [-0.15, -0.1) is 11.3 Å². The van der Waals surface area contributed by atoms with E-state index in [1.807, 2.05) is 24.3 Å². The van der Waals surface area contributed by atoms with E-state index in [4.69, 9.17) is 16.3 Å². The van der Waals surface area contributed by atoms with E-state index in [-0.39, 0.29) is 12.4 Å². The van der Waals surface area contributed by atoms with Crippen molar-refractivity contribution in [3.63, 3.8) is 0 Å². The summed E-state index contributed by atoms with van der Waals surface area (Å²) in [5.74, 6) is 0.900. The lowest BCUT2D eigenvalue weighted by Crippen LogP contribution is -2.11. The summed E-state index contributed by atoms with van der Waals surface area (Å²) in [6.07, 6.45) is 4.58. The van der Waals surface area contributed by atoms with E-state index in [9.17, 15) is 4.79 Å². The van der Waals surface area contributed by atoms with Crippen LogP contribution in [0.15, 0.2) is 24.3 Å². The van der Waals surface area contributed by atoms with Gasteiger partial charge in [0.1, 0.15) is 22.9 Å². The Morgan fingerprint density at radius 2 is 2.15 bits per heavy atom. The number of aryl methyl sites for hydroxylation is 2. The van der Waals surface area contributed by atoms with E-state index < -0.39 is 0 Å². The van der Waals surface area contributed by atoms with Crippen LogP contribution in [0.1, 0.15) is 36.0 Å². The normalized spacial score (nSPS) is 13.4. The van der Waals surface area contributed by atoms with Gasteiger partial charge in [-0.25, -0.2) is 9.97 Å². The highest BCUT2D eigenvalue weighted by molar-refractivity contribution is 7.19. The van der Waals surface area contributed by atoms with Crippen LogP contribution >= 0.6 is 22.9 Å². The standard InChI is InChI=1S/C20H20ClN3O2S/c1-2-26-17(25)11-16-23-19(22-13-7-5-6-12(21)10-13)18-14-8-3-4-9-15(14)27-20(18)24-16/h5-7,10H,2-4,8-9,11H2,1H3,(H,22,23,24). The van der Waals surface area contributed by atoms with E-state index >= 15 is 0 Å². The molecule has 7 heteroatoms. The Morgan fingerprint density at radius 3 is 2.96 bits per heavy atom. The number of rotatable bonds is 5. The molecule has 2 aromatic heterocycles. The molecule has 5 nitrogen and oxygen atoms in total. The number of carbonyl (C=O) groups excluding carboxylic acids is 1. The van der Waals surface area contributed by atoms with Gasteiger partial charge in [0.05, 0.1) is 12.0 Å². The van der Waals surface area contributed by atoms with Gasteiger partial charge in [-0.2, -0.15) is 0 Å². The summed E-state index contributed by atoms with van der Waals surface area (Å²) in [6.45, 7) is 2.14. The van der Waals surface area contributed by atoms with Crippen LogP contribution in [0.5, 0.6) is 0 Å². The zero-order valence-electron chi connectivity index (χ0n) is 15.0. The number of fused-ring (bicyclic) bond motifs is 3. The SMILES string of the molecule is CCOC(=O)Cc1nc(Nc2cccc(Cl)c2)c2c3c(sc2n1)CCCC3. The molecule has 0 saturated carbocycles. The fourth-order valence-electron chi connectivity index (χ4n) is 3.42. The molecule has 2 heterocycles. The zero-order valence-corrected chi connectivity index (χ0v) is 16.6. The number of benzene rings is 1. The molecule has 140 valence electrons. The van der Waals surface area contributed by atoms with Gasteiger partial charge in [0.15, 0.2) is 0 Å². The predicted molar refractivity (Wildman–Crippen MR) is 109 cm³/mol. The number of carbonyl (C=O) groups is 1. The summed E-state index contributed by atoms with van der Waals surface area (Å²) >= 11 is 7.84. The lowest BCUT2D eigenvalue weighted by atomic mass is 9.97. The molecule has 1 aliphatic rings. The van der Waals surface area contributed by atoms with Gasteiger partial charge in [0, 0.05) is 15.6 Å². The van der Waals surface area contributed by atoms with Gasteiger partial charge in [0.2, 0.25) is 0 Å². The lowest BCUT2D eigenvalue weighted by Gasteiger charge is -2.13. The zero-order chi connectivity index (χ0) is 18.8. The summed E-state index contributed by atoms with van der Waals surface area (Å²) in [5.41, 5.74) is 2.20. The van der Waals surface area contributed by atoms with Crippen molar-refractivity contribution in [2.45, 2.75) is 39.0 Å². The van der Waals surface area contributed by atoms with Crippen LogP contribution in [0.4, 0.5) is 11.5 Å². The number of thiophene rings is 1. The second kappa shape index (κ2) is 7.82. The number of halogens is 1. The summed E-state index contributed by atoms with van der Waals surface area (Å²) in [5, 5.41) is 5.12. The molecule has 0 spiro atoms. The maximum atomic E-state index is 11.9. The van der Waals surface area contributed by atoms with E-state index in [2.05, 4.69) is 15.3 Å². The first-order valence-electron chi connectivity index (χ1n) is 9.13. The first-order chi connectivity index (χ1) is 13.1. The Balaban J connectivity index is 1.79. The van der Waals surface area contributed by atoms with E-state index in [0.717, 1.165) is 34.6 Å². The van der Waals surface area contributed by atoms with E-state index in [1.165, 1.54) is 23.3 Å². The predicted octanol–water partition coefficient (Wildman–Crippen LogP) is 5.07. The quantitative estimate of drug-likeness (QED) is 0.604. The molecular formula is C20H20ClN3O2S. The summed E-state index contributed by atoms with van der Waals surface area (Å²) < 4.78 is 5.06. The lowest BCUT2D eigenvalue weighted by molar-refractivity contribution is -0.142. The van der Waals surface area contributed by atoms with Crippen LogP contribution < -0.4 is 5.32 Å². The Kier molecular flexibility index (Phi) is 5.27. The molecular weight excluding hydrogens is 382 g/mol. The highest BCUT2D eigenvalue weighted by Crippen LogP contribution is 2.39. The summed E-state index contributed by atoms with van der Waals surface area (Å²) in [4.78, 5) is 23.6. The molecule has 0 fully saturated rings. The average molecular weight is 402 g/mol. The number of hydrogen-bond acceptors (Lipinski definition) is 6. The van der Waals surface area contributed by atoms with E-state index in [0.29, 0.717) is 17.5 Å². The molecule has 1 N–H and O–H groups in total. The van der Waals surface area contributed by atoms with Gasteiger partial charge in [-0.3, -0.25) is 4.79 Å². The third kappa shape index (κ3) is 3.92. The van der Waals surface area contributed by atoms with Crippen LogP contribution in [-0.2, 0) is 28.8 Å². The average Bonchev–Trinajstić information content (AvgIpc) is 3.00. The second-order valence-corrected chi connectivity index (χ2v) is 8.02. The second-order valence-electron chi connectivity index (χ2n) is 6.50. The van der Waals surface area contributed by atoms with Gasteiger partial charge in [-0.1, -0.05) is 17.7 Å². The Hall–Kier alpha value is -2.18. The van der Waals surface area contributed by atoms with Crippen LogP contribution in [0.25, 0.3) is 10.2 Å². The number of ether oxygens (including phenoxy) is 1. The first-order valence-corrected chi connectivity index (χ1v) is 10.3. The molecule has 0 atom stereocenters. The molecule has 0 unspecified atom stereocenters. The molecule has 1 aromatic carbocycles. The number of nitrogens with zero attached hydrogens (tertiary/aromatic N) is 2. The minimum atomic E-state index is -0.313. The minimum Gasteiger partial charge on any atom is -0.466 e. The smallest absolute Gasteiger partial charge is 0.313 e. The third-order valence-corrected chi connectivity index (χ3v) is 5.98. The van der Waals surface area contributed by atoms with Gasteiger partial charge in [-0.05, 0) is 56.4 Å². The molecule has 4 rings (SSSR count). The van der Waals surface area contributed by atoms with Crippen molar-refractivity contribution in [3.05, 3.63) is 45.6 Å². The third-order valence-electron chi connectivity index (χ3n) is 4.56. The molecule has 27 heavy (non-hydrogen) atoms. The van der Waals surface area contributed by atoms with E-state index in [1.54, 1.807) is 18.3 Å². The number of nitrogens with one attached hydrogen (secondary N) is 1. The number of aromatic nitrogens is 2. The number of esters is 1.